The van der Waals surface area contributed by atoms with Gasteiger partial charge >= 0.3 is 0 Å². The molecule has 1 aliphatic carbocycles. The van der Waals surface area contributed by atoms with Gasteiger partial charge in [-0.05, 0) is 37.0 Å². The van der Waals surface area contributed by atoms with Crippen molar-refractivity contribution in [1.82, 2.24) is 5.32 Å². The van der Waals surface area contributed by atoms with Crippen LogP contribution in [0.5, 0.6) is 5.75 Å². The Hall–Kier alpha value is -1.07. The smallest absolute Gasteiger partial charge is 0.257 e. The van der Waals surface area contributed by atoms with Crippen molar-refractivity contribution >= 4 is 21.8 Å². The third-order valence-corrected chi connectivity index (χ3v) is 3.42. The molecule has 2 rings (SSSR count). The maximum absolute atomic E-state index is 11.5. The van der Waals surface area contributed by atoms with E-state index in [1.807, 2.05) is 24.3 Å². The highest BCUT2D eigenvalue weighted by Crippen LogP contribution is 2.31. The largest absolute Gasteiger partial charge is 0.484 e. The van der Waals surface area contributed by atoms with E-state index in [0.717, 1.165) is 4.47 Å². The van der Waals surface area contributed by atoms with E-state index in [1.165, 1.54) is 12.8 Å². The van der Waals surface area contributed by atoms with E-state index < -0.39 is 0 Å². The zero-order chi connectivity index (χ0) is 13.0. The van der Waals surface area contributed by atoms with E-state index in [9.17, 15) is 4.79 Å². The number of carbonyl (C=O) groups is 1. The molecular formula is C13H17BrN2O2. The molecule has 1 aromatic carbocycles. The van der Waals surface area contributed by atoms with Crippen molar-refractivity contribution in [3.8, 4) is 5.75 Å². The van der Waals surface area contributed by atoms with Crippen LogP contribution >= 0.6 is 15.9 Å². The molecule has 0 bridgehead atoms. The summed E-state index contributed by atoms with van der Waals surface area (Å²) in [6.07, 6.45) is 2.37. The fourth-order valence-electron chi connectivity index (χ4n) is 1.68. The van der Waals surface area contributed by atoms with E-state index in [-0.39, 0.29) is 18.6 Å². The highest BCUT2D eigenvalue weighted by molar-refractivity contribution is 9.10. The Morgan fingerprint density at radius 1 is 1.56 bits per heavy atom. The van der Waals surface area contributed by atoms with Crippen molar-refractivity contribution in [3.05, 3.63) is 28.7 Å². The molecule has 98 valence electrons. The molecule has 0 heterocycles. The molecule has 1 fully saturated rings. The van der Waals surface area contributed by atoms with Crippen molar-refractivity contribution < 1.29 is 9.53 Å². The second-order valence-electron chi connectivity index (χ2n) is 4.55. The summed E-state index contributed by atoms with van der Waals surface area (Å²) in [7, 11) is 0. The molecule has 0 spiro atoms. The van der Waals surface area contributed by atoms with Gasteiger partial charge in [0.1, 0.15) is 5.75 Å². The Morgan fingerprint density at radius 3 is 3.00 bits per heavy atom. The van der Waals surface area contributed by atoms with Crippen molar-refractivity contribution in [2.45, 2.75) is 18.9 Å². The molecule has 0 aromatic heterocycles. The van der Waals surface area contributed by atoms with E-state index in [1.54, 1.807) is 0 Å². The molecule has 4 nitrogen and oxygen atoms in total. The van der Waals surface area contributed by atoms with Crippen LogP contribution in [0.25, 0.3) is 0 Å². The van der Waals surface area contributed by atoms with Gasteiger partial charge in [-0.2, -0.15) is 0 Å². The fraction of sp³-hybridized carbons (Fsp3) is 0.462. The molecule has 0 aliphatic heterocycles. The van der Waals surface area contributed by atoms with Gasteiger partial charge in [-0.1, -0.05) is 22.0 Å². The van der Waals surface area contributed by atoms with Gasteiger partial charge in [-0.15, -0.1) is 0 Å². The maximum atomic E-state index is 11.5. The van der Waals surface area contributed by atoms with Crippen LogP contribution in [-0.2, 0) is 4.79 Å². The average molecular weight is 313 g/mol. The number of nitrogens with two attached hydrogens (primary N) is 1. The van der Waals surface area contributed by atoms with E-state index in [0.29, 0.717) is 18.2 Å². The van der Waals surface area contributed by atoms with E-state index >= 15 is 0 Å². The van der Waals surface area contributed by atoms with E-state index in [4.69, 9.17) is 10.5 Å². The van der Waals surface area contributed by atoms with Crippen LogP contribution < -0.4 is 15.8 Å². The number of hydrogen-bond donors (Lipinski definition) is 2. The molecule has 0 saturated heterocycles. The lowest BCUT2D eigenvalue weighted by atomic mass is 10.2. The molecule has 0 radical (unpaired) electrons. The number of carbonyl (C=O) groups excluding carboxylic acids is 1. The van der Waals surface area contributed by atoms with Crippen LogP contribution in [0.15, 0.2) is 28.7 Å². The van der Waals surface area contributed by atoms with Crippen LogP contribution in [-0.4, -0.2) is 25.1 Å². The lowest BCUT2D eigenvalue weighted by Crippen LogP contribution is -2.40. The van der Waals surface area contributed by atoms with Crippen LogP contribution in [0.4, 0.5) is 0 Å². The summed E-state index contributed by atoms with van der Waals surface area (Å²) in [5.74, 6) is 1.13. The second kappa shape index (κ2) is 6.20. The predicted molar refractivity (Wildman–Crippen MR) is 73.3 cm³/mol. The first-order valence-electron chi connectivity index (χ1n) is 6.06. The maximum Gasteiger partial charge on any atom is 0.257 e. The first-order chi connectivity index (χ1) is 8.65. The van der Waals surface area contributed by atoms with E-state index in [2.05, 4.69) is 21.2 Å². The summed E-state index contributed by atoms with van der Waals surface area (Å²) in [5, 5.41) is 2.79. The van der Waals surface area contributed by atoms with Crippen LogP contribution in [0.3, 0.4) is 0 Å². The molecule has 1 aliphatic rings. The highest BCUT2D eigenvalue weighted by atomic mass is 79.9. The van der Waals surface area contributed by atoms with Gasteiger partial charge in [-0.3, -0.25) is 4.79 Å². The molecule has 1 atom stereocenters. The fourth-order valence-corrected chi connectivity index (χ4v) is 2.06. The van der Waals surface area contributed by atoms with Crippen molar-refractivity contribution in [3.63, 3.8) is 0 Å². The quantitative estimate of drug-likeness (QED) is 0.840. The number of amides is 1. The highest BCUT2D eigenvalue weighted by Gasteiger charge is 2.28. The normalized spacial score (nSPS) is 16.1. The summed E-state index contributed by atoms with van der Waals surface area (Å²) in [4.78, 5) is 11.5. The molecule has 1 saturated carbocycles. The minimum atomic E-state index is -0.133. The minimum Gasteiger partial charge on any atom is -0.484 e. The second-order valence-corrected chi connectivity index (χ2v) is 5.47. The number of hydrogen-bond acceptors (Lipinski definition) is 3. The standard InChI is InChI=1S/C13H17BrN2O2/c14-10-2-1-3-11(6-10)18-8-13(17)16-7-12(15)9-4-5-9/h1-3,6,9,12H,4-5,7-8,15H2,(H,16,17). The lowest BCUT2D eigenvalue weighted by Gasteiger charge is -2.12. The van der Waals surface area contributed by atoms with Crippen molar-refractivity contribution in [2.75, 3.05) is 13.2 Å². The Bertz CT molecular complexity index is 421. The zero-order valence-corrected chi connectivity index (χ0v) is 11.7. The molecule has 1 amide bonds. The van der Waals surface area contributed by atoms with Crippen molar-refractivity contribution in [2.24, 2.45) is 11.7 Å². The van der Waals surface area contributed by atoms with Gasteiger partial charge in [0.2, 0.25) is 0 Å². The molecule has 5 heteroatoms. The zero-order valence-electron chi connectivity index (χ0n) is 10.1. The van der Waals surface area contributed by atoms with Crippen LogP contribution in [0.2, 0.25) is 0 Å². The Labute approximate surface area is 115 Å². The summed E-state index contributed by atoms with van der Waals surface area (Å²) in [5.41, 5.74) is 5.89. The van der Waals surface area contributed by atoms with Crippen LogP contribution in [0.1, 0.15) is 12.8 Å². The van der Waals surface area contributed by atoms with Crippen molar-refractivity contribution in [1.29, 1.82) is 0 Å². The number of ether oxygens (including phenoxy) is 1. The number of rotatable bonds is 6. The molecule has 3 N–H and O–H groups in total. The third-order valence-electron chi connectivity index (χ3n) is 2.93. The molecule has 1 unspecified atom stereocenters. The van der Waals surface area contributed by atoms with Gasteiger partial charge in [0.05, 0.1) is 0 Å². The number of benzene rings is 1. The monoisotopic (exact) mass is 312 g/mol. The van der Waals surface area contributed by atoms with Gasteiger partial charge < -0.3 is 15.8 Å². The SMILES string of the molecule is NC(CNC(=O)COc1cccc(Br)c1)C1CC1. The molecular weight excluding hydrogens is 296 g/mol. The number of halogens is 1. The Kier molecular flexibility index (Phi) is 4.60. The van der Waals surface area contributed by atoms with Gasteiger partial charge in [-0.25, -0.2) is 0 Å². The topological polar surface area (TPSA) is 64.3 Å². The minimum absolute atomic E-state index is 0.0217. The summed E-state index contributed by atoms with van der Waals surface area (Å²) < 4.78 is 6.30. The third kappa shape index (κ3) is 4.31. The van der Waals surface area contributed by atoms with Gasteiger partial charge in [0, 0.05) is 17.1 Å². The molecule has 1 aromatic rings. The summed E-state index contributed by atoms with van der Waals surface area (Å²) in [6.45, 7) is 0.555. The summed E-state index contributed by atoms with van der Waals surface area (Å²) >= 11 is 3.34. The average Bonchev–Trinajstić information content (AvgIpc) is 3.17. The first kappa shape index (κ1) is 13.4. The van der Waals surface area contributed by atoms with Gasteiger partial charge in [0.15, 0.2) is 6.61 Å². The Morgan fingerprint density at radius 2 is 2.33 bits per heavy atom. The first-order valence-corrected chi connectivity index (χ1v) is 6.85. The van der Waals surface area contributed by atoms with Gasteiger partial charge in [0.25, 0.3) is 5.91 Å². The lowest BCUT2D eigenvalue weighted by molar-refractivity contribution is -0.123. The van der Waals surface area contributed by atoms with Crippen LogP contribution in [0, 0.1) is 5.92 Å². The Balaban J connectivity index is 1.67. The predicted octanol–water partition coefficient (Wildman–Crippen LogP) is 1.68. The summed E-state index contributed by atoms with van der Waals surface area (Å²) in [6, 6.07) is 7.49. The molecule has 18 heavy (non-hydrogen) atoms. The number of nitrogens with one attached hydrogen (secondary N) is 1.